The van der Waals surface area contributed by atoms with E-state index in [4.69, 9.17) is 4.74 Å². The molecule has 0 spiro atoms. The summed E-state index contributed by atoms with van der Waals surface area (Å²) in [6.07, 6.45) is 0. The summed E-state index contributed by atoms with van der Waals surface area (Å²) in [5.74, 6) is 0.398. The van der Waals surface area contributed by atoms with Gasteiger partial charge in [-0.3, -0.25) is 14.9 Å². The van der Waals surface area contributed by atoms with E-state index >= 15 is 0 Å². The SMILES string of the molecule is CC(=O)NCc1ccc(-c2csc(NC(=O)COc3ccccc3C(C)(C)C)n2)cc1. The number of rotatable bonds is 7. The lowest BCUT2D eigenvalue weighted by molar-refractivity contribution is -0.119. The van der Waals surface area contributed by atoms with Crippen LogP contribution in [0.25, 0.3) is 11.3 Å². The Balaban J connectivity index is 1.58. The lowest BCUT2D eigenvalue weighted by atomic mass is 9.86. The van der Waals surface area contributed by atoms with Crippen molar-refractivity contribution in [3.8, 4) is 17.0 Å². The quantitative estimate of drug-likeness (QED) is 0.558. The molecular weight excluding hydrogens is 410 g/mol. The number of hydrogen-bond acceptors (Lipinski definition) is 5. The molecule has 0 aliphatic carbocycles. The number of nitrogens with zero attached hydrogens (tertiary/aromatic N) is 1. The number of carbonyl (C=O) groups excluding carboxylic acids is 2. The van der Waals surface area contributed by atoms with Crippen LogP contribution in [0.3, 0.4) is 0 Å². The van der Waals surface area contributed by atoms with Crippen LogP contribution in [0.15, 0.2) is 53.9 Å². The van der Waals surface area contributed by atoms with Crippen molar-refractivity contribution < 1.29 is 14.3 Å². The molecule has 0 aliphatic heterocycles. The second-order valence-corrected chi connectivity index (χ2v) is 9.09. The van der Waals surface area contributed by atoms with Gasteiger partial charge in [-0.1, -0.05) is 63.2 Å². The number of aromatic nitrogens is 1. The number of ether oxygens (including phenoxy) is 1. The van der Waals surface area contributed by atoms with Crippen molar-refractivity contribution in [2.75, 3.05) is 11.9 Å². The van der Waals surface area contributed by atoms with Crippen molar-refractivity contribution in [1.82, 2.24) is 10.3 Å². The second kappa shape index (κ2) is 9.75. The van der Waals surface area contributed by atoms with Crippen LogP contribution in [-0.2, 0) is 21.5 Å². The van der Waals surface area contributed by atoms with Crippen molar-refractivity contribution in [2.45, 2.75) is 39.7 Å². The van der Waals surface area contributed by atoms with Crippen LogP contribution in [0.4, 0.5) is 5.13 Å². The van der Waals surface area contributed by atoms with E-state index in [1.165, 1.54) is 18.3 Å². The number of amides is 2. The van der Waals surface area contributed by atoms with Gasteiger partial charge < -0.3 is 10.1 Å². The zero-order valence-corrected chi connectivity index (χ0v) is 19.0. The molecule has 0 atom stereocenters. The van der Waals surface area contributed by atoms with Gasteiger partial charge >= 0.3 is 0 Å². The Morgan fingerprint density at radius 3 is 2.45 bits per heavy atom. The number of anilines is 1. The third-order valence-electron chi connectivity index (χ3n) is 4.60. The molecule has 0 saturated carbocycles. The zero-order chi connectivity index (χ0) is 22.4. The van der Waals surface area contributed by atoms with Crippen molar-refractivity contribution >= 4 is 28.3 Å². The van der Waals surface area contributed by atoms with Gasteiger partial charge in [0.15, 0.2) is 11.7 Å². The highest BCUT2D eigenvalue weighted by atomic mass is 32.1. The summed E-state index contributed by atoms with van der Waals surface area (Å²) in [5, 5.41) is 7.99. The Morgan fingerprint density at radius 1 is 1.06 bits per heavy atom. The molecule has 0 aliphatic rings. The monoisotopic (exact) mass is 437 g/mol. The summed E-state index contributed by atoms with van der Waals surface area (Å²) >= 11 is 1.36. The van der Waals surface area contributed by atoms with Crippen LogP contribution in [0, 0.1) is 0 Å². The summed E-state index contributed by atoms with van der Waals surface area (Å²) < 4.78 is 5.78. The van der Waals surface area contributed by atoms with Gasteiger partial charge in [-0.05, 0) is 22.6 Å². The molecule has 1 aromatic heterocycles. The van der Waals surface area contributed by atoms with Gasteiger partial charge in [0.25, 0.3) is 5.91 Å². The molecule has 0 unspecified atom stereocenters. The predicted molar refractivity (Wildman–Crippen MR) is 124 cm³/mol. The molecule has 1 heterocycles. The third-order valence-corrected chi connectivity index (χ3v) is 5.35. The number of nitrogens with one attached hydrogen (secondary N) is 2. The van der Waals surface area contributed by atoms with Crippen molar-refractivity contribution in [3.63, 3.8) is 0 Å². The van der Waals surface area contributed by atoms with Crippen LogP contribution < -0.4 is 15.4 Å². The normalized spacial score (nSPS) is 11.1. The Hall–Kier alpha value is -3.19. The number of hydrogen-bond donors (Lipinski definition) is 2. The molecule has 7 heteroatoms. The molecule has 3 rings (SSSR count). The largest absolute Gasteiger partial charge is 0.483 e. The first-order valence-electron chi connectivity index (χ1n) is 10.0. The maximum atomic E-state index is 12.4. The van der Waals surface area contributed by atoms with Crippen LogP contribution in [-0.4, -0.2) is 23.4 Å². The van der Waals surface area contributed by atoms with Crippen molar-refractivity contribution in [2.24, 2.45) is 0 Å². The highest BCUT2D eigenvalue weighted by Gasteiger charge is 2.19. The first-order chi connectivity index (χ1) is 14.7. The molecule has 2 N–H and O–H groups in total. The van der Waals surface area contributed by atoms with Gasteiger partial charge in [0, 0.05) is 24.4 Å². The van der Waals surface area contributed by atoms with E-state index in [1.807, 2.05) is 53.9 Å². The summed E-state index contributed by atoms with van der Waals surface area (Å²) in [6, 6.07) is 15.6. The van der Waals surface area contributed by atoms with Crippen LogP contribution in [0.1, 0.15) is 38.8 Å². The highest BCUT2D eigenvalue weighted by Crippen LogP contribution is 2.31. The minimum atomic E-state index is -0.254. The molecule has 0 saturated heterocycles. The fourth-order valence-electron chi connectivity index (χ4n) is 2.99. The lowest BCUT2D eigenvalue weighted by Gasteiger charge is -2.22. The maximum Gasteiger partial charge on any atom is 0.264 e. The second-order valence-electron chi connectivity index (χ2n) is 8.23. The van der Waals surface area contributed by atoms with Gasteiger partial charge in [0.05, 0.1) is 5.69 Å². The summed E-state index contributed by atoms with van der Waals surface area (Å²) in [5.41, 5.74) is 3.72. The number of para-hydroxylation sites is 1. The van der Waals surface area contributed by atoms with Crippen molar-refractivity contribution in [3.05, 3.63) is 65.0 Å². The van der Waals surface area contributed by atoms with Gasteiger partial charge in [-0.25, -0.2) is 4.98 Å². The molecule has 162 valence electrons. The predicted octanol–water partition coefficient (Wildman–Crippen LogP) is 4.76. The van der Waals surface area contributed by atoms with Gasteiger partial charge in [0.1, 0.15) is 5.75 Å². The molecule has 0 radical (unpaired) electrons. The van der Waals surface area contributed by atoms with Gasteiger partial charge in [0.2, 0.25) is 5.91 Å². The molecule has 31 heavy (non-hydrogen) atoms. The Labute approximate surface area is 186 Å². The van der Waals surface area contributed by atoms with E-state index in [-0.39, 0.29) is 23.8 Å². The maximum absolute atomic E-state index is 12.4. The molecule has 2 aromatic carbocycles. The minimum absolute atomic E-state index is 0.0603. The van der Waals surface area contributed by atoms with E-state index in [1.54, 1.807) is 0 Å². The zero-order valence-electron chi connectivity index (χ0n) is 18.2. The van der Waals surface area contributed by atoms with Crippen LogP contribution >= 0.6 is 11.3 Å². The first kappa shape index (κ1) is 22.5. The number of benzene rings is 2. The van der Waals surface area contributed by atoms with E-state index in [0.29, 0.717) is 17.4 Å². The van der Waals surface area contributed by atoms with Crippen molar-refractivity contribution in [1.29, 1.82) is 0 Å². The molecule has 6 nitrogen and oxygen atoms in total. The first-order valence-corrected chi connectivity index (χ1v) is 10.9. The topological polar surface area (TPSA) is 80.3 Å². The molecule has 0 fully saturated rings. The average molecular weight is 438 g/mol. The Morgan fingerprint density at radius 2 is 1.77 bits per heavy atom. The van der Waals surface area contributed by atoms with Gasteiger partial charge in [-0.15, -0.1) is 11.3 Å². The summed E-state index contributed by atoms with van der Waals surface area (Å²) in [6.45, 7) is 8.23. The molecule has 2 amide bonds. The highest BCUT2D eigenvalue weighted by molar-refractivity contribution is 7.14. The van der Waals surface area contributed by atoms with Crippen LogP contribution in [0.2, 0.25) is 0 Å². The fraction of sp³-hybridized carbons (Fsp3) is 0.292. The minimum Gasteiger partial charge on any atom is -0.483 e. The average Bonchev–Trinajstić information content (AvgIpc) is 3.19. The lowest BCUT2D eigenvalue weighted by Crippen LogP contribution is -2.21. The number of carbonyl (C=O) groups is 2. The number of thiazole rings is 1. The van der Waals surface area contributed by atoms with Gasteiger partial charge in [-0.2, -0.15) is 0 Å². The molecular formula is C24H27N3O3S. The van der Waals surface area contributed by atoms with E-state index in [2.05, 4.69) is 36.4 Å². The fourth-order valence-corrected chi connectivity index (χ4v) is 3.73. The molecule has 3 aromatic rings. The van der Waals surface area contributed by atoms with E-state index in [9.17, 15) is 9.59 Å². The molecule has 0 bridgehead atoms. The third kappa shape index (κ3) is 6.39. The van der Waals surface area contributed by atoms with Crippen LogP contribution in [0.5, 0.6) is 5.75 Å². The summed E-state index contributed by atoms with van der Waals surface area (Å²) in [7, 11) is 0. The standard InChI is InChI=1S/C24H27N3O3S/c1-16(28)25-13-17-9-11-18(12-10-17)20-15-31-23(26-20)27-22(29)14-30-21-8-6-5-7-19(21)24(2,3)4/h5-12,15H,13-14H2,1-4H3,(H,25,28)(H,26,27,29). The van der Waals surface area contributed by atoms with E-state index < -0.39 is 0 Å². The Bertz CT molecular complexity index is 1050. The smallest absolute Gasteiger partial charge is 0.264 e. The Kier molecular flexibility index (Phi) is 7.07. The van der Waals surface area contributed by atoms with E-state index in [0.717, 1.165) is 22.4 Å². The summed E-state index contributed by atoms with van der Waals surface area (Å²) in [4.78, 5) is 27.9.